The number of nitrogens with zero attached hydrogens (tertiary/aromatic N) is 3. The van der Waals surface area contributed by atoms with E-state index in [2.05, 4.69) is 20.3 Å². The Labute approximate surface area is 161 Å². The molecule has 0 unspecified atom stereocenters. The summed E-state index contributed by atoms with van der Waals surface area (Å²) >= 11 is 6.98. The highest BCUT2D eigenvalue weighted by Gasteiger charge is 2.31. The van der Waals surface area contributed by atoms with Gasteiger partial charge in [-0.15, -0.1) is 11.8 Å². The van der Waals surface area contributed by atoms with Crippen LogP contribution in [0.1, 0.15) is 16.1 Å². The average molecular weight is 413 g/mol. The Bertz CT molecular complexity index is 984. The topological polar surface area (TPSA) is 67.8 Å². The van der Waals surface area contributed by atoms with Crippen LogP contribution in [0.3, 0.4) is 0 Å². The van der Waals surface area contributed by atoms with Crippen LogP contribution in [0.25, 0.3) is 11.0 Å². The van der Waals surface area contributed by atoms with Crippen molar-refractivity contribution in [3.63, 3.8) is 0 Å². The van der Waals surface area contributed by atoms with Gasteiger partial charge in [0, 0.05) is 18.5 Å². The largest absolute Gasteiger partial charge is 0.417 e. The summed E-state index contributed by atoms with van der Waals surface area (Å²) in [5.41, 5.74) is 0.581. The lowest BCUT2D eigenvalue weighted by molar-refractivity contribution is -0.137. The molecule has 0 spiro atoms. The fourth-order valence-electron chi connectivity index (χ4n) is 2.16. The van der Waals surface area contributed by atoms with Gasteiger partial charge in [-0.1, -0.05) is 23.7 Å². The van der Waals surface area contributed by atoms with Gasteiger partial charge in [0.2, 0.25) is 0 Å². The fraction of sp³-hybridized carbons (Fsp3) is 0.176. The maximum absolute atomic E-state index is 12.6. The normalized spacial score (nSPS) is 11.6. The number of aromatic nitrogens is 3. The zero-order chi connectivity index (χ0) is 19.4. The summed E-state index contributed by atoms with van der Waals surface area (Å²) < 4.78 is 37.8. The molecule has 0 radical (unpaired) electrons. The summed E-state index contributed by atoms with van der Waals surface area (Å²) in [4.78, 5) is 24.3. The summed E-state index contributed by atoms with van der Waals surface area (Å²) in [7, 11) is 0. The molecule has 5 nitrogen and oxygen atoms in total. The van der Waals surface area contributed by atoms with Gasteiger partial charge in [0.1, 0.15) is 10.7 Å². The van der Waals surface area contributed by atoms with E-state index in [0.717, 1.165) is 24.0 Å². The molecule has 1 N–H and O–H groups in total. The molecular formula is C17H12ClF3N4OS. The average Bonchev–Trinajstić information content (AvgIpc) is 2.64. The summed E-state index contributed by atoms with van der Waals surface area (Å²) in [5.74, 6) is -0.00879. The number of benzene rings is 1. The molecule has 10 heteroatoms. The van der Waals surface area contributed by atoms with E-state index in [-0.39, 0.29) is 28.2 Å². The third kappa shape index (κ3) is 4.86. The van der Waals surface area contributed by atoms with Gasteiger partial charge >= 0.3 is 6.18 Å². The van der Waals surface area contributed by atoms with Crippen molar-refractivity contribution in [2.75, 3.05) is 12.3 Å². The second kappa shape index (κ2) is 8.10. The first-order valence-electron chi connectivity index (χ1n) is 7.70. The van der Waals surface area contributed by atoms with Crippen molar-refractivity contribution < 1.29 is 18.0 Å². The second-order valence-electron chi connectivity index (χ2n) is 5.36. The molecule has 0 atom stereocenters. The lowest BCUT2D eigenvalue weighted by atomic mass is 10.3. The van der Waals surface area contributed by atoms with Gasteiger partial charge < -0.3 is 5.32 Å². The number of pyridine rings is 1. The number of hydrogen-bond acceptors (Lipinski definition) is 5. The first kappa shape index (κ1) is 19.4. The number of rotatable bonds is 5. The van der Waals surface area contributed by atoms with Crippen molar-refractivity contribution in [2.24, 2.45) is 0 Å². The van der Waals surface area contributed by atoms with Crippen LogP contribution in [0.15, 0.2) is 47.8 Å². The predicted octanol–water partition coefficient (Wildman–Crippen LogP) is 4.22. The van der Waals surface area contributed by atoms with E-state index in [1.807, 2.05) is 6.07 Å². The van der Waals surface area contributed by atoms with Gasteiger partial charge in [-0.3, -0.25) is 9.78 Å². The molecule has 3 aromatic rings. The minimum absolute atomic E-state index is 0.0819. The third-order valence-corrected chi connectivity index (χ3v) is 4.85. The standard InChI is InChI=1S/C17H12ClF3N4OS/c18-11-7-10(17(19,20)21)8-24-16(11)27-6-5-22-15(26)14-9-23-12-3-1-2-4-13(12)25-14/h1-4,7-9H,5-6H2,(H,22,26). The second-order valence-corrected chi connectivity index (χ2v) is 6.85. The Kier molecular flexibility index (Phi) is 5.81. The first-order chi connectivity index (χ1) is 12.8. The molecule has 0 saturated carbocycles. The zero-order valence-electron chi connectivity index (χ0n) is 13.6. The molecule has 140 valence electrons. The van der Waals surface area contributed by atoms with Crippen LogP contribution in [0.4, 0.5) is 13.2 Å². The molecule has 0 fully saturated rings. The highest BCUT2D eigenvalue weighted by molar-refractivity contribution is 7.99. The molecule has 2 heterocycles. The lowest BCUT2D eigenvalue weighted by Crippen LogP contribution is -2.26. The van der Waals surface area contributed by atoms with E-state index in [1.54, 1.807) is 18.2 Å². The van der Waals surface area contributed by atoms with Crippen LogP contribution in [-0.4, -0.2) is 33.2 Å². The van der Waals surface area contributed by atoms with Crippen LogP contribution in [-0.2, 0) is 6.18 Å². The number of hydrogen-bond donors (Lipinski definition) is 1. The van der Waals surface area contributed by atoms with Crippen molar-refractivity contribution in [2.45, 2.75) is 11.2 Å². The molecule has 0 bridgehead atoms. The quantitative estimate of drug-likeness (QED) is 0.502. The third-order valence-electron chi connectivity index (χ3n) is 3.44. The molecule has 27 heavy (non-hydrogen) atoms. The number of alkyl halides is 3. The maximum atomic E-state index is 12.6. The van der Waals surface area contributed by atoms with E-state index in [9.17, 15) is 18.0 Å². The van der Waals surface area contributed by atoms with Crippen LogP contribution >= 0.6 is 23.4 Å². The highest BCUT2D eigenvalue weighted by atomic mass is 35.5. The Hall–Kier alpha value is -2.39. The maximum Gasteiger partial charge on any atom is 0.417 e. The Balaban J connectivity index is 1.54. The van der Waals surface area contributed by atoms with E-state index >= 15 is 0 Å². The monoisotopic (exact) mass is 412 g/mol. The molecule has 0 aliphatic heterocycles. The minimum Gasteiger partial charge on any atom is -0.350 e. The molecular weight excluding hydrogens is 401 g/mol. The van der Waals surface area contributed by atoms with Crippen molar-refractivity contribution in [3.8, 4) is 0 Å². The lowest BCUT2D eigenvalue weighted by Gasteiger charge is -2.09. The van der Waals surface area contributed by atoms with E-state index in [4.69, 9.17) is 11.6 Å². The van der Waals surface area contributed by atoms with Crippen molar-refractivity contribution in [1.29, 1.82) is 0 Å². The first-order valence-corrected chi connectivity index (χ1v) is 9.06. The summed E-state index contributed by atoms with van der Waals surface area (Å²) in [5, 5.41) is 2.86. The van der Waals surface area contributed by atoms with Crippen LogP contribution < -0.4 is 5.32 Å². The van der Waals surface area contributed by atoms with Gasteiger partial charge in [0.05, 0.1) is 27.8 Å². The van der Waals surface area contributed by atoms with Crippen LogP contribution in [0.2, 0.25) is 5.02 Å². The van der Waals surface area contributed by atoms with Gasteiger partial charge in [-0.05, 0) is 18.2 Å². The Morgan fingerprint density at radius 3 is 2.59 bits per heavy atom. The molecule has 0 saturated heterocycles. The summed E-state index contributed by atoms with van der Waals surface area (Å²) in [6, 6.07) is 8.01. The highest BCUT2D eigenvalue weighted by Crippen LogP contribution is 2.33. The number of para-hydroxylation sites is 2. The van der Waals surface area contributed by atoms with Gasteiger partial charge in [0.15, 0.2) is 0 Å². The number of fused-ring (bicyclic) bond motifs is 1. The van der Waals surface area contributed by atoms with Gasteiger partial charge in [0.25, 0.3) is 5.91 Å². The van der Waals surface area contributed by atoms with E-state index in [1.165, 1.54) is 6.20 Å². The molecule has 0 aliphatic carbocycles. The number of carbonyl (C=O) groups excluding carboxylic acids is 1. The van der Waals surface area contributed by atoms with Crippen LogP contribution in [0.5, 0.6) is 0 Å². The SMILES string of the molecule is O=C(NCCSc1ncc(C(F)(F)F)cc1Cl)c1cnc2ccccc2n1. The molecule has 1 amide bonds. The molecule has 3 rings (SSSR count). The van der Waals surface area contributed by atoms with Gasteiger partial charge in [-0.25, -0.2) is 9.97 Å². The minimum atomic E-state index is -4.49. The van der Waals surface area contributed by atoms with Crippen LogP contribution in [0, 0.1) is 0 Å². The van der Waals surface area contributed by atoms with Gasteiger partial charge in [-0.2, -0.15) is 13.2 Å². The number of carbonyl (C=O) groups is 1. The predicted molar refractivity (Wildman–Crippen MR) is 96.8 cm³/mol. The van der Waals surface area contributed by atoms with Crippen molar-refractivity contribution in [3.05, 3.63) is 59.0 Å². The van der Waals surface area contributed by atoms with Crippen molar-refractivity contribution >= 4 is 40.3 Å². The number of amides is 1. The summed E-state index contributed by atoms with van der Waals surface area (Å²) in [6.07, 6.45) is -2.37. The smallest absolute Gasteiger partial charge is 0.350 e. The Morgan fingerprint density at radius 2 is 1.89 bits per heavy atom. The van der Waals surface area contributed by atoms with Crippen molar-refractivity contribution in [1.82, 2.24) is 20.3 Å². The Morgan fingerprint density at radius 1 is 1.15 bits per heavy atom. The number of halogens is 4. The number of thioether (sulfide) groups is 1. The molecule has 2 aromatic heterocycles. The molecule has 1 aromatic carbocycles. The summed E-state index contributed by atoms with van der Waals surface area (Å²) in [6.45, 7) is 0.261. The fourth-order valence-corrected chi connectivity index (χ4v) is 3.21. The van der Waals surface area contributed by atoms with E-state index < -0.39 is 11.7 Å². The molecule has 0 aliphatic rings. The zero-order valence-corrected chi connectivity index (χ0v) is 15.2. The van der Waals surface area contributed by atoms with E-state index in [0.29, 0.717) is 16.8 Å². The number of nitrogens with one attached hydrogen (secondary N) is 1.